The molecule has 0 aromatic carbocycles. The predicted octanol–water partition coefficient (Wildman–Crippen LogP) is 2.97. The van der Waals surface area contributed by atoms with Crippen LogP contribution in [0, 0.1) is 11.3 Å². The van der Waals surface area contributed by atoms with Crippen molar-refractivity contribution in [2.45, 2.75) is 20.0 Å². The van der Waals surface area contributed by atoms with Gasteiger partial charge in [0, 0.05) is 12.4 Å². The van der Waals surface area contributed by atoms with Crippen LogP contribution in [0.15, 0.2) is 24.5 Å². The highest BCUT2D eigenvalue weighted by molar-refractivity contribution is 7.53. The van der Waals surface area contributed by atoms with Crippen molar-refractivity contribution in [2.24, 2.45) is 0 Å². The summed E-state index contributed by atoms with van der Waals surface area (Å²) in [7, 11) is -3.16. The number of nitriles is 1. The average molecular weight is 293 g/mol. The molecule has 0 fully saturated rings. The van der Waals surface area contributed by atoms with Crippen LogP contribution in [-0.4, -0.2) is 22.6 Å². The zero-order chi connectivity index (χ0) is 14.6. The second kappa shape index (κ2) is 6.19. The lowest BCUT2D eigenvalue weighted by Gasteiger charge is -2.15. The number of aromatic nitrogens is 2. The highest BCUT2D eigenvalue weighted by Gasteiger charge is 2.25. The van der Waals surface area contributed by atoms with Crippen molar-refractivity contribution in [1.29, 1.82) is 5.26 Å². The smallest absolute Gasteiger partial charge is 0.309 e. The molecule has 20 heavy (non-hydrogen) atoms. The van der Waals surface area contributed by atoms with E-state index in [2.05, 4.69) is 11.1 Å². The minimum absolute atomic E-state index is 0.123. The van der Waals surface area contributed by atoms with Crippen molar-refractivity contribution in [3.8, 4) is 6.07 Å². The third-order valence-electron chi connectivity index (χ3n) is 2.65. The predicted molar refractivity (Wildman–Crippen MR) is 74.5 cm³/mol. The first-order valence-corrected chi connectivity index (χ1v) is 8.09. The van der Waals surface area contributed by atoms with E-state index in [0.29, 0.717) is 30.1 Å². The number of pyridine rings is 1. The molecule has 0 aliphatic carbocycles. The SMILES string of the molecule is CCOP(=O)(Cc1cn2ccc(C#N)cc2n1)OCC. The van der Waals surface area contributed by atoms with Crippen LogP contribution in [0.3, 0.4) is 0 Å². The van der Waals surface area contributed by atoms with Gasteiger partial charge in [-0.2, -0.15) is 5.26 Å². The van der Waals surface area contributed by atoms with Crippen LogP contribution in [0.4, 0.5) is 0 Å². The minimum Gasteiger partial charge on any atom is -0.309 e. The van der Waals surface area contributed by atoms with Gasteiger partial charge in [-0.1, -0.05) is 0 Å². The third-order valence-corrected chi connectivity index (χ3v) is 4.66. The topological polar surface area (TPSA) is 76.6 Å². The number of nitrogens with zero attached hydrogens (tertiary/aromatic N) is 3. The lowest BCUT2D eigenvalue weighted by atomic mass is 10.3. The number of fused-ring (bicyclic) bond motifs is 1. The molecule has 0 saturated carbocycles. The lowest BCUT2D eigenvalue weighted by Crippen LogP contribution is -1.99. The minimum atomic E-state index is -3.16. The van der Waals surface area contributed by atoms with Crippen LogP contribution in [0.2, 0.25) is 0 Å². The van der Waals surface area contributed by atoms with E-state index in [-0.39, 0.29) is 6.16 Å². The summed E-state index contributed by atoms with van der Waals surface area (Å²) < 4.78 is 24.7. The molecule has 0 radical (unpaired) electrons. The van der Waals surface area contributed by atoms with Crippen LogP contribution < -0.4 is 0 Å². The second-order valence-corrected chi connectivity index (χ2v) is 6.18. The fourth-order valence-corrected chi connectivity index (χ4v) is 3.49. The van der Waals surface area contributed by atoms with Crippen LogP contribution in [0.25, 0.3) is 5.65 Å². The lowest BCUT2D eigenvalue weighted by molar-refractivity contribution is 0.219. The van der Waals surface area contributed by atoms with Gasteiger partial charge in [-0.3, -0.25) is 4.57 Å². The van der Waals surface area contributed by atoms with E-state index in [4.69, 9.17) is 14.3 Å². The molecule has 0 aliphatic rings. The quantitative estimate of drug-likeness (QED) is 0.765. The molecule has 7 heteroatoms. The van der Waals surface area contributed by atoms with Gasteiger partial charge in [0.25, 0.3) is 0 Å². The fourth-order valence-electron chi connectivity index (χ4n) is 1.90. The highest BCUT2D eigenvalue weighted by Crippen LogP contribution is 2.50. The molecule has 106 valence electrons. The Hall–Kier alpha value is -1.67. The largest absolute Gasteiger partial charge is 0.336 e. The molecule has 2 aromatic rings. The van der Waals surface area contributed by atoms with E-state index < -0.39 is 7.60 Å². The Morgan fingerprint density at radius 3 is 2.70 bits per heavy atom. The van der Waals surface area contributed by atoms with Gasteiger partial charge in [0.1, 0.15) is 5.65 Å². The van der Waals surface area contributed by atoms with Gasteiger partial charge >= 0.3 is 7.60 Å². The highest BCUT2D eigenvalue weighted by atomic mass is 31.2. The van der Waals surface area contributed by atoms with Crippen molar-refractivity contribution in [1.82, 2.24) is 9.38 Å². The molecular formula is C13H16N3O3P. The molecule has 0 amide bonds. The van der Waals surface area contributed by atoms with Crippen LogP contribution in [0.1, 0.15) is 25.1 Å². The average Bonchev–Trinajstić information content (AvgIpc) is 2.79. The van der Waals surface area contributed by atoms with E-state index >= 15 is 0 Å². The van der Waals surface area contributed by atoms with E-state index in [1.807, 2.05) is 0 Å². The Balaban J connectivity index is 2.29. The van der Waals surface area contributed by atoms with E-state index in [1.165, 1.54) is 0 Å². The number of hydrogen-bond acceptors (Lipinski definition) is 5. The molecule has 0 atom stereocenters. The van der Waals surface area contributed by atoms with E-state index in [0.717, 1.165) is 0 Å². The van der Waals surface area contributed by atoms with Crippen LogP contribution in [-0.2, 0) is 19.8 Å². The summed E-state index contributed by atoms with van der Waals surface area (Å²) in [4.78, 5) is 4.35. The number of rotatable bonds is 6. The van der Waals surface area contributed by atoms with Gasteiger partial charge in [0.05, 0.1) is 36.7 Å². The Kier molecular flexibility index (Phi) is 4.56. The summed E-state index contributed by atoms with van der Waals surface area (Å²) in [6.07, 6.45) is 3.64. The second-order valence-electron chi connectivity index (χ2n) is 4.13. The first-order chi connectivity index (χ1) is 9.60. The fraction of sp³-hybridized carbons (Fsp3) is 0.385. The summed E-state index contributed by atoms with van der Waals surface area (Å²) >= 11 is 0. The van der Waals surface area contributed by atoms with Crippen molar-refractivity contribution in [3.63, 3.8) is 0 Å². The molecule has 2 aromatic heterocycles. The van der Waals surface area contributed by atoms with Crippen LogP contribution >= 0.6 is 7.60 Å². The van der Waals surface area contributed by atoms with Gasteiger partial charge in [-0.25, -0.2) is 4.98 Å². The number of hydrogen-bond donors (Lipinski definition) is 0. The Morgan fingerprint density at radius 2 is 2.10 bits per heavy atom. The van der Waals surface area contributed by atoms with Crippen molar-refractivity contribution >= 4 is 13.2 Å². The first-order valence-electron chi connectivity index (χ1n) is 6.36. The summed E-state index contributed by atoms with van der Waals surface area (Å²) in [6.45, 7) is 4.19. The van der Waals surface area contributed by atoms with Gasteiger partial charge in [-0.15, -0.1) is 0 Å². The van der Waals surface area contributed by atoms with E-state index in [9.17, 15) is 4.57 Å². The summed E-state index contributed by atoms with van der Waals surface area (Å²) in [5, 5.41) is 8.86. The maximum Gasteiger partial charge on any atom is 0.336 e. The van der Waals surface area contributed by atoms with Gasteiger partial charge in [-0.05, 0) is 26.0 Å². The number of imidazole rings is 1. The Morgan fingerprint density at radius 1 is 1.40 bits per heavy atom. The molecule has 0 unspecified atom stereocenters. The third kappa shape index (κ3) is 3.26. The standard InChI is InChI=1S/C13H16N3O3P/c1-3-18-20(17,19-4-2)10-12-9-16-6-5-11(8-14)7-13(16)15-12/h5-7,9H,3-4,10H2,1-2H3. The van der Waals surface area contributed by atoms with Crippen molar-refractivity contribution in [2.75, 3.05) is 13.2 Å². The van der Waals surface area contributed by atoms with Gasteiger partial charge in [0.15, 0.2) is 0 Å². The maximum absolute atomic E-state index is 12.4. The molecule has 0 spiro atoms. The molecule has 6 nitrogen and oxygen atoms in total. The van der Waals surface area contributed by atoms with Gasteiger partial charge < -0.3 is 13.4 Å². The first kappa shape index (κ1) is 14.7. The monoisotopic (exact) mass is 293 g/mol. The zero-order valence-corrected chi connectivity index (χ0v) is 12.3. The van der Waals surface area contributed by atoms with Crippen molar-refractivity contribution < 1.29 is 13.6 Å². The van der Waals surface area contributed by atoms with Crippen LogP contribution in [0.5, 0.6) is 0 Å². The molecule has 0 saturated heterocycles. The van der Waals surface area contributed by atoms with E-state index in [1.54, 1.807) is 42.8 Å². The summed E-state index contributed by atoms with van der Waals surface area (Å²) in [5.74, 6) is 0. The molecule has 2 heterocycles. The summed E-state index contributed by atoms with van der Waals surface area (Å²) in [6, 6.07) is 5.43. The molecular weight excluding hydrogens is 277 g/mol. The Bertz CT molecular complexity index is 680. The maximum atomic E-state index is 12.4. The molecule has 0 aliphatic heterocycles. The normalized spacial score (nSPS) is 11.7. The molecule has 2 rings (SSSR count). The zero-order valence-electron chi connectivity index (χ0n) is 11.4. The molecule has 0 N–H and O–H groups in total. The Labute approximate surface area is 117 Å². The molecule has 0 bridgehead atoms. The van der Waals surface area contributed by atoms with Gasteiger partial charge in [0.2, 0.25) is 0 Å². The summed E-state index contributed by atoms with van der Waals surface area (Å²) in [5.41, 5.74) is 1.79. The van der Waals surface area contributed by atoms with Crippen molar-refractivity contribution in [3.05, 3.63) is 35.8 Å².